The lowest BCUT2D eigenvalue weighted by Gasteiger charge is -2.03. The summed E-state index contributed by atoms with van der Waals surface area (Å²) in [6.07, 6.45) is 1.89. The van der Waals surface area contributed by atoms with Crippen LogP contribution >= 0.6 is 11.3 Å². The molecule has 1 amide bonds. The highest BCUT2D eigenvalue weighted by Gasteiger charge is 2.08. The van der Waals surface area contributed by atoms with Crippen LogP contribution in [-0.2, 0) is 11.3 Å². The molecule has 0 saturated heterocycles. The van der Waals surface area contributed by atoms with Crippen LogP contribution in [0.4, 0.5) is 4.39 Å². The average molecular weight is 356 g/mol. The van der Waals surface area contributed by atoms with Crippen LogP contribution in [0.5, 0.6) is 5.75 Å². The summed E-state index contributed by atoms with van der Waals surface area (Å²) < 4.78 is 21.5. The third-order valence-corrected chi connectivity index (χ3v) is 4.55. The Balaban J connectivity index is 1.78. The maximum Gasteiger partial charge on any atom is 0.251 e. The molecule has 3 aromatic rings. The van der Waals surface area contributed by atoms with E-state index < -0.39 is 0 Å². The van der Waals surface area contributed by atoms with Crippen molar-refractivity contribution in [1.29, 1.82) is 0 Å². The molecule has 4 nitrogen and oxygen atoms in total. The highest BCUT2D eigenvalue weighted by Crippen LogP contribution is 2.18. The summed E-state index contributed by atoms with van der Waals surface area (Å²) in [5.74, 6) is 0.128. The third kappa shape index (κ3) is 4.22. The number of hydrogen-bond acceptors (Lipinski definition) is 3. The zero-order valence-electron chi connectivity index (χ0n) is 13.5. The SMILES string of the molecule is C=CCn1c(=NC(=O)CCOc2ccccc2)sc2cc(F)ccc21. The number of benzene rings is 2. The van der Waals surface area contributed by atoms with Gasteiger partial charge in [0.25, 0.3) is 5.91 Å². The predicted molar refractivity (Wildman–Crippen MR) is 97.1 cm³/mol. The lowest BCUT2D eigenvalue weighted by molar-refractivity contribution is -0.118. The molecule has 0 aliphatic carbocycles. The number of fused-ring (bicyclic) bond motifs is 1. The van der Waals surface area contributed by atoms with Crippen LogP contribution in [0.3, 0.4) is 0 Å². The molecule has 128 valence electrons. The largest absolute Gasteiger partial charge is 0.493 e. The van der Waals surface area contributed by atoms with E-state index in [1.54, 1.807) is 12.1 Å². The summed E-state index contributed by atoms with van der Waals surface area (Å²) in [5, 5.41) is 0. The Bertz CT molecular complexity index is 960. The Morgan fingerprint density at radius 2 is 2.08 bits per heavy atom. The van der Waals surface area contributed by atoms with E-state index in [9.17, 15) is 9.18 Å². The first-order chi connectivity index (χ1) is 12.2. The second-order valence-electron chi connectivity index (χ2n) is 5.31. The van der Waals surface area contributed by atoms with E-state index in [0.29, 0.717) is 17.1 Å². The lowest BCUT2D eigenvalue weighted by atomic mass is 10.3. The molecule has 0 aliphatic rings. The zero-order chi connectivity index (χ0) is 17.6. The minimum Gasteiger partial charge on any atom is -0.493 e. The molecule has 3 rings (SSSR count). The van der Waals surface area contributed by atoms with Crippen LogP contribution in [-0.4, -0.2) is 17.1 Å². The van der Waals surface area contributed by atoms with E-state index in [1.807, 2.05) is 34.9 Å². The molecule has 1 aromatic heterocycles. The van der Waals surface area contributed by atoms with Gasteiger partial charge in [0, 0.05) is 6.54 Å². The summed E-state index contributed by atoms with van der Waals surface area (Å²) in [7, 11) is 0. The minimum absolute atomic E-state index is 0.172. The van der Waals surface area contributed by atoms with Gasteiger partial charge < -0.3 is 9.30 Å². The van der Waals surface area contributed by atoms with Gasteiger partial charge >= 0.3 is 0 Å². The van der Waals surface area contributed by atoms with E-state index in [-0.39, 0.29) is 24.8 Å². The fourth-order valence-electron chi connectivity index (χ4n) is 2.37. The van der Waals surface area contributed by atoms with Gasteiger partial charge in [-0.05, 0) is 30.3 Å². The summed E-state index contributed by atoms with van der Waals surface area (Å²) in [6.45, 7) is 4.48. The van der Waals surface area contributed by atoms with Gasteiger partial charge in [0.2, 0.25) is 0 Å². The molecule has 0 spiro atoms. The molecule has 0 saturated carbocycles. The van der Waals surface area contributed by atoms with Crippen molar-refractivity contribution in [3.8, 4) is 5.75 Å². The number of nitrogens with zero attached hydrogens (tertiary/aromatic N) is 2. The van der Waals surface area contributed by atoms with Gasteiger partial charge in [0.15, 0.2) is 4.80 Å². The van der Waals surface area contributed by atoms with E-state index in [1.165, 1.54) is 23.5 Å². The van der Waals surface area contributed by atoms with E-state index in [4.69, 9.17) is 4.74 Å². The number of ether oxygens (including phenoxy) is 1. The quantitative estimate of drug-likeness (QED) is 0.628. The molecule has 0 unspecified atom stereocenters. The second kappa shape index (κ2) is 7.90. The first kappa shape index (κ1) is 17.1. The predicted octanol–water partition coefficient (Wildman–Crippen LogP) is 3.92. The van der Waals surface area contributed by atoms with Gasteiger partial charge in [0.05, 0.1) is 23.2 Å². The molecule has 2 aromatic carbocycles. The molecule has 0 atom stereocenters. The summed E-state index contributed by atoms with van der Waals surface area (Å²) in [6, 6.07) is 13.8. The van der Waals surface area contributed by atoms with Crippen LogP contribution < -0.4 is 9.54 Å². The molecule has 0 bridgehead atoms. The van der Waals surface area contributed by atoms with E-state index in [2.05, 4.69) is 11.6 Å². The van der Waals surface area contributed by atoms with Gasteiger partial charge in [-0.2, -0.15) is 4.99 Å². The lowest BCUT2D eigenvalue weighted by Crippen LogP contribution is -2.17. The Hall–Kier alpha value is -2.73. The fraction of sp³-hybridized carbons (Fsp3) is 0.158. The fourth-order valence-corrected chi connectivity index (χ4v) is 3.45. The molecule has 25 heavy (non-hydrogen) atoms. The summed E-state index contributed by atoms with van der Waals surface area (Å²) in [4.78, 5) is 16.9. The van der Waals surface area contributed by atoms with Gasteiger partial charge in [-0.3, -0.25) is 4.79 Å². The van der Waals surface area contributed by atoms with Crippen molar-refractivity contribution in [2.24, 2.45) is 4.99 Å². The summed E-state index contributed by atoms with van der Waals surface area (Å²) >= 11 is 1.28. The van der Waals surface area contributed by atoms with Crippen molar-refractivity contribution in [3.05, 3.63) is 71.8 Å². The number of allylic oxidation sites excluding steroid dienone is 1. The highest BCUT2D eigenvalue weighted by molar-refractivity contribution is 7.16. The van der Waals surface area contributed by atoms with Crippen molar-refractivity contribution in [2.75, 3.05) is 6.61 Å². The number of hydrogen-bond donors (Lipinski definition) is 0. The van der Waals surface area contributed by atoms with Gasteiger partial charge in [-0.15, -0.1) is 6.58 Å². The number of carbonyl (C=O) groups is 1. The van der Waals surface area contributed by atoms with Gasteiger partial charge in [0.1, 0.15) is 11.6 Å². The maximum atomic E-state index is 13.4. The van der Waals surface area contributed by atoms with Crippen LogP contribution in [0, 0.1) is 5.82 Å². The van der Waals surface area contributed by atoms with Crippen LogP contribution in [0.25, 0.3) is 10.2 Å². The first-order valence-corrected chi connectivity index (χ1v) is 8.64. The zero-order valence-corrected chi connectivity index (χ0v) is 14.3. The monoisotopic (exact) mass is 356 g/mol. The molecular formula is C19H17FN2O2S. The van der Waals surface area contributed by atoms with Crippen molar-refractivity contribution >= 4 is 27.5 Å². The number of amides is 1. The van der Waals surface area contributed by atoms with Crippen molar-refractivity contribution in [1.82, 2.24) is 4.57 Å². The molecule has 0 N–H and O–H groups in total. The molecule has 6 heteroatoms. The number of para-hydroxylation sites is 1. The van der Waals surface area contributed by atoms with Crippen molar-refractivity contribution < 1.29 is 13.9 Å². The average Bonchev–Trinajstić information content (AvgIpc) is 2.92. The topological polar surface area (TPSA) is 43.6 Å². The summed E-state index contributed by atoms with van der Waals surface area (Å²) in [5.41, 5.74) is 0.832. The van der Waals surface area contributed by atoms with Crippen LogP contribution in [0.15, 0.2) is 66.2 Å². The molecule has 0 radical (unpaired) electrons. The minimum atomic E-state index is -0.311. The normalized spacial score (nSPS) is 11.6. The van der Waals surface area contributed by atoms with Crippen molar-refractivity contribution in [3.63, 3.8) is 0 Å². The first-order valence-electron chi connectivity index (χ1n) is 7.82. The third-order valence-electron chi connectivity index (χ3n) is 3.50. The Morgan fingerprint density at radius 1 is 1.28 bits per heavy atom. The van der Waals surface area contributed by atoms with Crippen LogP contribution in [0.1, 0.15) is 6.42 Å². The Morgan fingerprint density at radius 3 is 2.84 bits per heavy atom. The smallest absolute Gasteiger partial charge is 0.251 e. The van der Waals surface area contributed by atoms with Crippen LogP contribution in [0.2, 0.25) is 0 Å². The second-order valence-corrected chi connectivity index (χ2v) is 6.32. The maximum absolute atomic E-state index is 13.4. The standard InChI is InChI=1S/C19H17FN2O2S/c1-2-11-22-16-9-8-14(20)13-17(16)25-19(22)21-18(23)10-12-24-15-6-4-3-5-7-15/h2-9,13H,1,10-12H2. The molecule has 1 heterocycles. The molecule has 0 aliphatic heterocycles. The number of rotatable bonds is 6. The number of carbonyl (C=O) groups excluding carboxylic acids is 1. The number of halogens is 1. The number of aromatic nitrogens is 1. The van der Waals surface area contributed by atoms with E-state index in [0.717, 1.165) is 10.2 Å². The molecular weight excluding hydrogens is 339 g/mol. The van der Waals surface area contributed by atoms with Gasteiger partial charge in [-0.25, -0.2) is 4.39 Å². The number of thiazole rings is 1. The van der Waals surface area contributed by atoms with Crippen molar-refractivity contribution in [2.45, 2.75) is 13.0 Å². The van der Waals surface area contributed by atoms with Gasteiger partial charge in [-0.1, -0.05) is 35.6 Å². The molecule has 0 fully saturated rings. The Kier molecular flexibility index (Phi) is 5.40. The highest BCUT2D eigenvalue weighted by atomic mass is 32.1. The Labute approximate surface area is 148 Å². The van der Waals surface area contributed by atoms with E-state index >= 15 is 0 Å².